The molecule has 86 valence electrons. The smallest absolute Gasteiger partial charge is 0.0704 e. The zero-order valence-corrected chi connectivity index (χ0v) is 10.2. The van der Waals surface area contributed by atoms with Gasteiger partial charge in [0.15, 0.2) is 0 Å². The predicted octanol–water partition coefficient (Wildman–Crippen LogP) is 2.64. The van der Waals surface area contributed by atoms with Crippen LogP contribution in [0.1, 0.15) is 19.4 Å². The van der Waals surface area contributed by atoms with Crippen LogP contribution in [0.5, 0.6) is 0 Å². The van der Waals surface area contributed by atoms with E-state index in [2.05, 4.69) is 60.2 Å². The molecule has 1 aromatic carbocycles. The average Bonchev–Trinajstić information content (AvgIpc) is 2.39. The fourth-order valence-corrected chi connectivity index (χ4v) is 2.07. The third-order valence-electron chi connectivity index (χ3n) is 3.11. The minimum atomic E-state index is 1.06. The Morgan fingerprint density at radius 2 is 1.81 bits per heavy atom. The molecule has 0 aromatic heterocycles. The zero-order chi connectivity index (χ0) is 11.4. The van der Waals surface area contributed by atoms with Crippen molar-refractivity contribution in [1.29, 1.82) is 0 Å². The summed E-state index contributed by atoms with van der Waals surface area (Å²) in [6.45, 7) is 8.74. The second-order valence-electron chi connectivity index (χ2n) is 4.21. The van der Waals surface area contributed by atoms with Gasteiger partial charge in [0, 0.05) is 19.3 Å². The molecule has 0 fully saturated rings. The number of rotatable bonds is 3. The number of hydrogen-bond acceptors (Lipinski definition) is 2. The summed E-state index contributed by atoms with van der Waals surface area (Å²) in [6.07, 6.45) is 2.31. The minimum Gasteiger partial charge on any atom is -0.364 e. The van der Waals surface area contributed by atoms with E-state index in [-0.39, 0.29) is 0 Å². The van der Waals surface area contributed by atoms with Crippen LogP contribution < -0.4 is 0 Å². The predicted molar refractivity (Wildman–Crippen MR) is 68.9 cm³/mol. The van der Waals surface area contributed by atoms with Crippen molar-refractivity contribution < 1.29 is 0 Å². The largest absolute Gasteiger partial charge is 0.364 e. The molecule has 0 amide bonds. The summed E-state index contributed by atoms with van der Waals surface area (Å²) in [6, 6.07) is 10.7. The summed E-state index contributed by atoms with van der Waals surface area (Å²) in [4.78, 5) is 4.83. The first-order valence-corrected chi connectivity index (χ1v) is 6.06. The van der Waals surface area contributed by atoms with Crippen LogP contribution in [0.15, 0.2) is 36.5 Å². The third kappa shape index (κ3) is 2.45. The van der Waals surface area contributed by atoms with E-state index in [9.17, 15) is 0 Å². The fourth-order valence-electron chi connectivity index (χ4n) is 2.07. The first kappa shape index (κ1) is 11.2. The van der Waals surface area contributed by atoms with E-state index in [4.69, 9.17) is 0 Å². The molecule has 1 aliphatic heterocycles. The molecule has 0 N–H and O–H groups in total. The van der Waals surface area contributed by atoms with E-state index in [1.54, 1.807) is 0 Å². The standard InChI is InChI=1S/C14H20N2/c1-3-15-10-14(11-16(4-2)12-15)13-8-6-5-7-9-13/h5-10H,3-4,11-12H2,1-2H3. The minimum absolute atomic E-state index is 1.06. The van der Waals surface area contributed by atoms with Crippen LogP contribution in [-0.4, -0.2) is 36.1 Å². The maximum absolute atomic E-state index is 2.46. The number of hydrogen-bond donors (Lipinski definition) is 0. The molecule has 2 nitrogen and oxygen atoms in total. The third-order valence-corrected chi connectivity index (χ3v) is 3.11. The van der Waals surface area contributed by atoms with E-state index in [1.807, 2.05) is 0 Å². The molecule has 0 aliphatic carbocycles. The van der Waals surface area contributed by atoms with Gasteiger partial charge in [0.1, 0.15) is 0 Å². The Morgan fingerprint density at radius 1 is 1.06 bits per heavy atom. The van der Waals surface area contributed by atoms with Gasteiger partial charge in [-0.25, -0.2) is 0 Å². The van der Waals surface area contributed by atoms with Gasteiger partial charge in [0.05, 0.1) is 6.67 Å². The van der Waals surface area contributed by atoms with Crippen molar-refractivity contribution in [3.63, 3.8) is 0 Å². The highest BCUT2D eigenvalue weighted by Gasteiger charge is 2.15. The summed E-state index contributed by atoms with van der Waals surface area (Å²) in [5.41, 5.74) is 2.77. The Balaban J connectivity index is 2.22. The van der Waals surface area contributed by atoms with Crippen molar-refractivity contribution in [2.75, 3.05) is 26.3 Å². The van der Waals surface area contributed by atoms with Gasteiger partial charge in [-0.05, 0) is 24.6 Å². The van der Waals surface area contributed by atoms with Crippen LogP contribution in [-0.2, 0) is 0 Å². The lowest BCUT2D eigenvalue weighted by Gasteiger charge is -2.34. The van der Waals surface area contributed by atoms with Gasteiger partial charge in [0.25, 0.3) is 0 Å². The van der Waals surface area contributed by atoms with Gasteiger partial charge >= 0.3 is 0 Å². The maximum atomic E-state index is 2.46. The van der Waals surface area contributed by atoms with Crippen LogP contribution in [0.3, 0.4) is 0 Å². The van der Waals surface area contributed by atoms with Crippen molar-refractivity contribution in [3.8, 4) is 0 Å². The van der Waals surface area contributed by atoms with E-state index >= 15 is 0 Å². The zero-order valence-electron chi connectivity index (χ0n) is 10.2. The number of likely N-dealkylation sites (N-methyl/N-ethyl adjacent to an activating group) is 1. The maximum Gasteiger partial charge on any atom is 0.0704 e. The van der Waals surface area contributed by atoms with Gasteiger partial charge in [-0.1, -0.05) is 37.3 Å². The van der Waals surface area contributed by atoms with Crippen molar-refractivity contribution in [3.05, 3.63) is 42.1 Å². The van der Waals surface area contributed by atoms with Crippen molar-refractivity contribution >= 4 is 5.57 Å². The van der Waals surface area contributed by atoms with Crippen LogP contribution >= 0.6 is 0 Å². The molecule has 0 bridgehead atoms. The van der Waals surface area contributed by atoms with Crippen LogP contribution in [0, 0.1) is 0 Å². The van der Waals surface area contributed by atoms with E-state index in [0.717, 1.165) is 26.3 Å². The van der Waals surface area contributed by atoms with Gasteiger partial charge in [-0.3, -0.25) is 4.90 Å². The van der Waals surface area contributed by atoms with E-state index in [0.29, 0.717) is 0 Å². The monoisotopic (exact) mass is 216 g/mol. The quantitative estimate of drug-likeness (QED) is 0.766. The fraction of sp³-hybridized carbons (Fsp3) is 0.429. The molecule has 1 heterocycles. The second kappa shape index (κ2) is 5.17. The SMILES string of the molecule is CCN1C=C(c2ccccc2)CN(CC)C1. The van der Waals surface area contributed by atoms with Crippen molar-refractivity contribution in [1.82, 2.24) is 9.80 Å². The summed E-state index contributed by atoms with van der Waals surface area (Å²) >= 11 is 0. The Labute approximate surface area is 98.2 Å². The van der Waals surface area contributed by atoms with E-state index < -0.39 is 0 Å². The average molecular weight is 216 g/mol. The first-order chi connectivity index (χ1) is 7.83. The molecule has 0 atom stereocenters. The van der Waals surface area contributed by atoms with Gasteiger partial charge in [0.2, 0.25) is 0 Å². The summed E-state index contributed by atoms with van der Waals surface area (Å²) in [5, 5.41) is 0. The molecule has 0 saturated heterocycles. The van der Waals surface area contributed by atoms with Gasteiger partial charge < -0.3 is 4.90 Å². The molecule has 2 heteroatoms. The normalized spacial score (nSPS) is 17.4. The molecule has 0 radical (unpaired) electrons. The molecule has 1 aliphatic rings. The molecule has 0 saturated carbocycles. The lowest BCUT2D eigenvalue weighted by molar-refractivity contribution is 0.187. The lowest BCUT2D eigenvalue weighted by Crippen LogP contribution is -2.39. The highest BCUT2D eigenvalue weighted by molar-refractivity contribution is 5.67. The second-order valence-corrected chi connectivity index (χ2v) is 4.21. The topological polar surface area (TPSA) is 6.48 Å². The summed E-state index contributed by atoms with van der Waals surface area (Å²) in [5.74, 6) is 0. The molecule has 0 spiro atoms. The molecule has 2 rings (SSSR count). The Hall–Kier alpha value is -1.28. The molecule has 0 unspecified atom stereocenters. The molecule has 16 heavy (non-hydrogen) atoms. The molecule has 1 aromatic rings. The van der Waals surface area contributed by atoms with Gasteiger partial charge in [-0.2, -0.15) is 0 Å². The summed E-state index contributed by atoms with van der Waals surface area (Å²) in [7, 11) is 0. The highest BCUT2D eigenvalue weighted by Crippen LogP contribution is 2.20. The van der Waals surface area contributed by atoms with Crippen molar-refractivity contribution in [2.45, 2.75) is 13.8 Å². The van der Waals surface area contributed by atoms with Crippen LogP contribution in [0.2, 0.25) is 0 Å². The first-order valence-electron chi connectivity index (χ1n) is 6.06. The number of benzene rings is 1. The molecular formula is C14H20N2. The van der Waals surface area contributed by atoms with Crippen molar-refractivity contribution in [2.24, 2.45) is 0 Å². The van der Waals surface area contributed by atoms with Gasteiger partial charge in [-0.15, -0.1) is 0 Å². The Morgan fingerprint density at radius 3 is 2.44 bits per heavy atom. The lowest BCUT2D eigenvalue weighted by atomic mass is 10.1. The highest BCUT2D eigenvalue weighted by atomic mass is 15.3. The number of nitrogens with zero attached hydrogens (tertiary/aromatic N) is 2. The summed E-state index contributed by atoms with van der Waals surface area (Å²) < 4.78 is 0. The Kier molecular flexibility index (Phi) is 3.62. The van der Waals surface area contributed by atoms with Crippen LogP contribution in [0.25, 0.3) is 5.57 Å². The van der Waals surface area contributed by atoms with Crippen LogP contribution in [0.4, 0.5) is 0 Å². The van der Waals surface area contributed by atoms with E-state index in [1.165, 1.54) is 11.1 Å². The Bertz CT molecular complexity index is 356. The molecular weight excluding hydrogens is 196 g/mol.